The van der Waals surface area contributed by atoms with Gasteiger partial charge in [-0.2, -0.15) is 13.2 Å². The van der Waals surface area contributed by atoms with E-state index in [0.717, 1.165) is 43.5 Å². The highest BCUT2D eigenvalue weighted by Gasteiger charge is 2.31. The van der Waals surface area contributed by atoms with Crippen molar-refractivity contribution in [2.75, 3.05) is 11.4 Å². The van der Waals surface area contributed by atoms with E-state index in [1.165, 1.54) is 4.63 Å². The molecule has 0 radical (unpaired) electrons. The highest BCUT2D eigenvalue weighted by atomic mass is 19.4. The Labute approximate surface area is 141 Å². The molecule has 1 atom stereocenters. The smallest absolute Gasteiger partial charge is 0.348 e. The second-order valence-electron chi connectivity index (χ2n) is 6.04. The summed E-state index contributed by atoms with van der Waals surface area (Å²) in [4.78, 5) is 2.10. The number of benzene rings is 1. The molecular weight excluding hydrogens is 333 g/mol. The van der Waals surface area contributed by atoms with Crippen LogP contribution in [0.1, 0.15) is 36.4 Å². The number of hydrogen-bond donors (Lipinski definition) is 0. The van der Waals surface area contributed by atoms with Crippen LogP contribution in [0.4, 0.5) is 19.0 Å². The minimum absolute atomic E-state index is 0.0162. The summed E-state index contributed by atoms with van der Waals surface area (Å²) in [6, 6.07) is 9.00. The van der Waals surface area contributed by atoms with Crippen molar-refractivity contribution in [1.82, 2.24) is 25.3 Å². The van der Waals surface area contributed by atoms with Gasteiger partial charge in [0.05, 0.1) is 11.6 Å². The molecule has 6 nitrogen and oxygen atoms in total. The van der Waals surface area contributed by atoms with Crippen molar-refractivity contribution in [1.29, 1.82) is 0 Å². The van der Waals surface area contributed by atoms with E-state index in [4.69, 9.17) is 0 Å². The number of tetrazole rings is 1. The van der Waals surface area contributed by atoms with Crippen LogP contribution in [0.5, 0.6) is 0 Å². The summed E-state index contributed by atoms with van der Waals surface area (Å²) >= 11 is 0. The predicted molar refractivity (Wildman–Crippen MR) is 84.0 cm³/mol. The number of halogens is 3. The van der Waals surface area contributed by atoms with Crippen LogP contribution in [-0.2, 0) is 6.18 Å². The summed E-state index contributed by atoms with van der Waals surface area (Å²) in [5.41, 5.74) is 0.769. The Balaban J connectivity index is 1.66. The molecular formula is C16H15F3N6. The molecule has 0 spiro atoms. The van der Waals surface area contributed by atoms with Gasteiger partial charge in [0.1, 0.15) is 0 Å². The lowest BCUT2D eigenvalue weighted by molar-refractivity contribution is -0.137. The Hall–Kier alpha value is -2.71. The Morgan fingerprint density at radius 1 is 1.00 bits per heavy atom. The average Bonchev–Trinajstić information content (AvgIpc) is 3.09. The van der Waals surface area contributed by atoms with Crippen LogP contribution in [0.15, 0.2) is 36.4 Å². The summed E-state index contributed by atoms with van der Waals surface area (Å²) in [7, 11) is 0. The molecule has 1 fully saturated rings. The van der Waals surface area contributed by atoms with Gasteiger partial charge in [-0.25, -0.2) is 0 Å². The molecule has 0 amide bonds. The fourth-order valence-electron chi connectivity index (χ4n) is 3.24. The number of fused-ring (bicyclic) bond motifs is 1. The van der Waals surface area contributed by atoms with E-state index in [2.05, 4.69) is 25.5 Å². The maximum atomic E-state index is 12.8. The Morgan fingerprint density at radius 2 is 1.80 bits per heavy atom. The molecule has 130 valence electrons. The van der Waals surface area contributed by atoms with Crippen LogP contribution >= 0.6 is 0 Å². The summed E-state index contributed by atoms with van der Waals surface area (Å²) in [6.45, 7) is 0.784. The van der Waals surface area contributed by atoms with Crippen molar-refractivity contribution in [3.63, 3.8) is 0 Å². The lowest BCUT2D eigenvalue weighted by Crippen LogP contribution is -2.34. The minimum Gasteiger partial charge on any atom is -0.348 e. The molecule has 1 aliphatic rings. The van der Waals surface area contributed by atoms with Gasteiger partial charge in [0.2, 0.25) is 0 Å². The summed E-state index contributed by atoms with van der Waals surface area (Å²) in [5, 5.41) is 15.6. The largest absolute Gasteiger partial charge is 0.416 e. The van der Waals surface area contributed by atoms with Crippen molar-refractivity contribution >= 4 is 11.5 Å². The maximum absolute atomic E-state index is 12.8. The molecule has 1 aliphatic heterocycles. The van der Waals surface area contributed by atoms with Crippen molar-refractivity contribution in [2.24, 2.45) is 0 Å². The number of rotatable bonds is 2. The first-order valence-corrected chi connectivity index (χ1v) is 8.01. The molecule has 0 bridgehead atoms. The molecule has 3 heterocycles. The molecule has 9 heteroatoms. The quantitative estimate of drug-likeness (QED) is 0.711. The number of piperidine rings is 1. The third-order valence-corrected chi connectivity index (χ3v) is 4.48. The van der Waals surface area contributed by atoms with E-state index in [-0.39, 0.29) is 6.04 Å². The predicted octanol–water partition coefficient (Wildman–Crippen LogP) is 3.27. The van der Waals surface area contributed by atoms with Gasteiger partial charge in [0.15, 0.2) is 11.5 Å². The number of aromatic nitrogens is 5. The van der Waals surface area contributed by atoms with Crippen molar-refractivity contribution in [2.45, 2.75) is 31.5 Å². The first kappa shape index (κ1) is 15.8. The second-order valence-corrected chi connectivity index (χ2v) is 6.04. The zero-order valence-corrected chi connectivity index (χ0v) is 13.2. The standard InChI is InChI=1S/C16H15F3N6/c17-16(18,19)12-6-4-11(5-7-12)13-3-1-2-10-24(13)15-9-8-14-20-22-23-25(14)21-15/h4-9,13H,1-3,10H2. The molecule has 2 aromatic heterocycles. The number of anilines is 1. The van der Waals surface area contributed by atoms with E-state index in [1.54, 1.807) is 18.2 Å². The highest BCUT2D eigenvalue weighted by molar-refractivity contribution is 5.47. The van der Waals surface area contributed by atoms with E-state index in [1.807, 2.05) is 6.07 Å². The van der Waals surface area contributed by atoms with Gasteiger partial charge in [0, 0.05) is 6.54 Å². The van der Waals surface area contributed by atoms with Gasteiger partial charge in [0.25, 0.3) is 0 Å². The minimum atomic E-state index is -4.32. The van der Waals surface area contributed by atoms with Gasteiger partial charge in [-0.1, -0.05) is 12.1 Å². The van der Waals surface area contributed by atoms with Gasteiger partial charge < -0.3 is 4.90 Å². The van der Waals surface area contributed by atoms with E-state index < -0.39 is 11.7 Å². The molecule has 0 N–H and O–H groups in total. The molecule has 0 saturated carbocycles. The first-order valence-electron chi connectivity index (χ1n) is 8.01. The molecule has 1 unspecified atom stereocenters. The SMILES string of the molecule is FC(F)(F)c1ccc(C2CCCCN2c2ccc3nnnn3n2)cc1. The fraction of sp³-hybridized carbons (Fsp3) is 0.375. The zero-order chi connectivity index (χ0) is 17.4. The molecule has 3 aromatic rings. The van der Waals surface area contributed by atoms with Crippen LogP contribution in [0.2, 0.25) is 0 Å². The maximum Gasteiger partial charge on any atom is 0.416 e. The number of alkyl halides is 3. The van der Waals surface area contributed by atoms with E-state index >= 15 is 0 Å². The Kier molecular flexibility index (Phi) is 3.78. The lowest BCUT2D eigenvalue weighted by Gasteiger charge is -2.36. The zero-order valence-electron chi connectivity index (χ0n) is 13.2. The topological polar surface area (TPSA) is 59.2 Å². The van der Waals surface area contributed by atoms with E-state index in [0.29, 0.717) is 11.5 Å². The summed E-state index contributed by atoms with van der Waals surface area (Å²) < 4.78 is 39.7. The van der Waals surface area contributed by atoms with Crippen LogP contribution in [0.3, 0.4) is 0 Å². The third-order valence-electron chi connectivity index (χ3n) is 4.48. The molecule has 1 aromatic carbocycles. The van der Waals surface area contributed by atoms with Crippen molar-refractivity contribution in [3.05, 3.63) is 47.5 Å². The van der Waals surface area contributed by atoms with Gasteiger partial charge in [-0.05, 0) is 59.5 Å². The highest BCUT2D eigenvalue weighted by Crippen LogP contribution is 2.36. The average molecular weight is 348 g/mol. The first-order chi connectivity index (χ1) is 12.0. The number of nitrogens with zero attached hydrogens (tertiary/aromatic N) is 6. The Bertz CT molecular complexity index is 873. The van der Waals surface area contributed by atoms with Gasteiger partial charge in [-0.15, -0.1) is 14.8 Å². The second kappa shape index (κ2) is 5.98. The summed E-state index contributed by atoms with van der Waals surface area (Å²) in [5.74, 6) is 0.712. The monoisotopic (exact) mass is 348 g/mol. The Morgan fingerprint density at radius 3 is 2.56 bits per heavy atom. The lowest BCUT2D eigenvalue weighted by atomic mass is 9.94. The van der Waals surface area contributed by atoms with Crippen molar-refractivity contribution in [3.8, 4) is 0 Å². The molecule has 0 aliphatic carbocycles. The van der Waals surface area contributed by atoms with Crippen LogP contribution in [-0.4, -0.2) is 31.8 Å². The molecule has 1 saturated heterocycles. The van der Waals surface area contributed by atoms with Gasteiger partial charge >= 0.3 is 6.18 Å². The van der Waals surface area contributed by atoms with Crippen LogP contribution < -0.4 is 4.90 Å². The van der Waals surface area contributed by atoms with Crippen LogP contribution in [0, 0.1) is 0 Å². The fourth-order valence-corrected chi connectivity index (χ4v) is 3.24. The number of hydrogen-bond acceptors (Lipinski definition) is 5. The normalized spacial score (nSPS) is 18.7. The third kappa shape index (κ3) is 3.01. The van der Waals surface area contributed by atoms with Gasteiger partial charge in [-0.3, -0.25) is 0 Å². The van der Waals surface area contributed by atoms with Crippen LogP contribution in [0.25, 0.3) is 5.65 Å². The van der Waals surface area contributed by atoms with E-state index in [9.17, 15) is 13.2 Å². The summed E-state index contributed by atoms with van der Waals surface area (Å²) in [6.07, 6.45) is -1.43. The molecule has 4 rings (SSSR count). The van der Waals surface area contributed by atoms with Crippen molar-refractivity contribution < 1.29 is 13.2 Å². The molecule has 25 heavy (non-hydrogen) atoms.